The first-order valence-electron chi connectivity index (χ1n) is 5.71. The van der Waals surface area contributed by atoms with Gasteiger partial charge in [0.1, 0.15) is 17.5 Å². The SMILES string of the molecule is COC(=O)c1ccc2c(c1)[C@H](N)[C@@H](O)C(C)(C)O2. The van der Waals surface area contributed by atoms with Crippen molar-refractivity contribution in [3.05, 3.63) is 29.3 Å². The Labute approximate surface area is 106 Å². The first-order chi connectivity index (χ1) is 8.36. The molecular weight excluding hydrogens is 234 g/mol. The Hall–Kier alpha value is -1.59. The molecule has 5 nitrogen and oxygen atoms in total. The van der Waals surface area contributed by atoms with E-state index in [9.17, 15) is 9.90 Å². The summed E-state index contributed by atoms with van der Waals surface area (Å²) in [6.45, 7) is 3.55. The predicted octanol–water partition coefficient (Wildman–Crippen LogP) is 1.00. The maximum atomic E-state index is 11.4. The Morgan fingerprint density at radius 1 is 1.50 bits per heavy atom. The van der Waals surface area contributed by atoms with Gasteiger partial charge in [-0.3, -0.25) is 0 Å². The number of ether oxygens (including phenoxy) is 2. The molecular formula is C13H17NO4. The van der Waals surface area contributed by atoms with E-state index in [-0.39, 0.29) is 0 Å². The highest BCUT2D eigenvalue weighted by Gasteiger charge is 2.41. The number of methoxy groups -OCH3 is 1. The molecule has 5 heteroatoms. The van der Waals surface area contributed by atoms with Crippen molar-refractivity contribution >= 4 is 5.97 Å². The lowest BCUT2D eigenvalue weighted by Gasteiger charge is -2.40. The van der Waals surface area contributed by atoms with Crippen LogP contribution in [0, 0.1) is 0 Å². The van der Waals surface area contributed by atoms with Crippen LogP contribution < -0.4 is 10.5 Å². The normalized spacial score (nSPS) is 24.9. The number of aliphatic hydroxyl groups excluding tert-OH is 1. The van der Waals surface area contributed by atoms with Crippen molar-refractivity contribution in [2.45, 2.75) is 31.6 Å². The van der Waals surface area contributed by atoms with E-state index in [1.807, 2.05) is 0 Å². The van der Waals surface area contributed by atoms with E-state index in [0.717, 1.165) is 0 Å². The Balaban J connectivity index is 2.46. The maximum absolute atomic E-state index is 11.4. The van der Waals surface area contributed by atoms with Crippen LogP contribution in [0.3, 0.4) is 0 Å². The summed E-state index contributed by atoms with van der Waals surface area (Å²) < 4.78 is 10.3. The van der Waals surface area contributed by atoms with E-state index >= 15 is 0 Å². The molecule has 0 unspecified atom stereocenters. The first kappa shape index (κ1) is 12.9. The standard InChI is InChI=1S/C13H17NO4/c1-13(2)11(15)10(14)8-6-7(12(16)17-3)4-5-9(8)18-13/h4-6,10-11,15H,14H2,1-3H3/t10-,11+/m0/s1. The lowest BCUT2D eigenvalue weighted by Crippen LogP contribution is -2.51. The molecule has 0 aliphatic carbocycles. The van der Waals surface area contributed by atoms with Crippen molar-refractivity contribution in [2.75, 3.05) is 7.11 Å². The molecule has 0 bridgehead atoms. The minimum atomic E-state index is -0.835. The van der Waals surface area contributed by atoms with Crippen molar-refractivity contribution in [3.8, 4) is 5.75 Å². The van der Waals surface area contributed by atoms with Crippen LogP contribution in [-0.2, 0) is 4.74 Å². The molecule has 1 aliphatic rings. The summed E-state index contributed by atoms with van der Waals surface area (Å²) in [6.07, 6.45) is -0.835. The topological polar surface area (TPSA) is 81.8 Å². The average molecular weight is 251 g/mol. The molecule has 0 amide bonds. The summed E-state index contributed by atoms with van der Waals surface area (Å²) in [4.78, 5) is 11.4. The molecule has 0 radical (unpaired) electrons. The van der Waals surface area contributed by atoms with E-state index in [0.29, 0.717) is 16.9 Å². The second-order valence-corrected chi connectivity index (χ2v) is 4.92. The van der Waals surface area contributed by atoms with Crippen LogP contribution >= 0.6 is 0 Å². The van der Waals surface area contributed by atoms with Crippen LogP contribution in [0.1, 0.15) is 35.8 Å². The molecule has 0 spiro atoms. The summed E-state index contributed by atoms with van der Waals surface area (Å²) in [5.41, 5.74) is 6.25. The van der Waals surface area contributed by atoms with E-state index in [1.165, 1.54) is 7.11 Å². The summed E-state index contributed by atoms with van der Waals surface area (Å²) >= 11 is 0. The quantitative estimate of drug-likeness (QED) is 0.728. The van der Waals surface area contributed by atoms with Crippen molar-refractivity contribution in [1.29, 1.82) is 0 Å². The zero-order chi connectivity index (χ0) is 13.5. The second-order valence-electron chi connectivity index (χ2n) is 4.92. The number of benzene rings is 1. The highest BCUT2D eigenvalue weighted by molar-refractivity contribution is 5.89. The van der Waals surface area contributed by atoms with Gasteiger partial charge in [0.05, 0.1) is 18.7 Å². The third kappa shape index (κ3) is 1.95. The van der Waals surface area contributed by atoms with Crippen LogP contribution in [-0.4, -0.2) is 29.9 Å². The number of hydrogen-bond donors (Lipinski definition) is 2. The molecule has 0 fully saturated rings. The summed E-state index contributed by atoms with van der Waals surface area (Å²) in [5, 5.41) is 10.1. The highest BCUT2D eigenvalue weighted by Crippen LogP contribution is 2.38. The fourth-order valence-electron chi connectivity index (χ4n) is 2.09. The van der Waals surface area contributed by atoms with E-state index in [2.05, 4.69) is 4.74 Å². The molecule has 0 aromatic heterocycles. The zero-order valence-corrected chi connectivity index (χ0v) is 10.6. The average Bonchev–Trinajstić information content (AvgIpc) is 2.34. The van der Waals surface area contributed by atoms with Gasteiger partial charge in [-0.05, 0) is 32.0 Å². The van der Waals surface area contributed by atoms with Crippen LogP contribution in [0.4, 0.5) is 0 Å². The van der Waals surface area contributed by atoms with E-state index in [4.69, 9.17) is 10.5 Å². The van der Waals surface area contributed by atoms with Gasteiger partial charge in [-0.25, -0.2) is 4.79 Å². The van der Waals surface area contributed by atoms with Gasteiger partial charge in [-0.2, -0.15) is 0 Å². The number of carbonyl (C=O) groups excluding carboxylic acids is 1. The fraction of sp³-hybridized carbons (Fsp3) is 0.462. The molecule has 1 aromatic rings. The number of fused-ring (bicyclic) bond motifs is 1. The summed E-state index contributed by atoms with van der Waals surface area (Å²) in [6, 6.07) is 4.30. The second kappa shape index (κ2) is 4.26. The van der Waals surface area contributed by atoms with Crippen LogP contribution in [0.15, 0.2) is 18.2 Å². The van der Waals surface area contributed by atoms with Gasteiger partial charge < -0.3 is 20.3 Å². The van der Waals surface area contributed by atoms with Crippen molar-refractivity contribution < 1.29 is 19.4 Å². The third-order valence-corrected chi connectivity index (χ3v) is 3.22. The molecule has 2 atom stereocenters. The van der Waals surface area contributed by atoms with Gasteiger partial charge in [0.2, 0.25) is 0 Å². The van der Waals surface area contributed by atoms with Gasteiger partial charge >= 0.3 is 5.97 Å². The molecule has 98 valence electrons. The van der Waals surface area contributed by atoms with Crippen LogP contribution in [0.2, 0.25) is 0 Å². The molecule has 3 N–H and O–H groups in total. The lowest BCUT2D eigenvalue weighted by molar-refractivity contribution is -0.0572. The van der Waals surface area contributed by atoms with Crippen LogP contribution in [0.5, 0.6) is 5.75 Å². The predicted molar refractivity (Wildman–Crippen MR) is 65.4 cm³/mol. The molecule has 2 rings (SSSR count). The van der Waals surface area contributed by atoms with Gasteiger partial charge in [-0.1, -0.05) is 0 Å². The number of aliphatic hydroxyl groups is 1. The van der Waals surface area contributed by atoms with Crippen LogP contribution in [0.25, 0.3) is 0 Å². The Morgan fingerprint density at radius 2 is 2.17 bits per heavy atom. The number of carbonyl (C=O) groups is 1. The molecule has 18 heavy (non-hydrogen) atoms. The molecule has 1 aromatic carbocycles. The number of hydrogen-bond acceptors (Lipinski definition) is 5. The number of esters is 1. The Morgan fingerprint density at radius 3 is 2.78 bits per heavy atom. The van der Waals surface area contributed by atoms with Gasteiger partial charge in [0.25, 0.3) is 0 Å². The maximum Gasteiger partial charge on any atom is 0.337 e. The van der Waals surface area contributed by atoms with Gasteiger partial charge in [0.15, 0.2) is 0 Å². The van der Waals surface area contributed by atoms with Gasteiger partial charge in [0, 0.05) is 5.56 Å². The smallest absolute Gasteiger partial charge is 0.337 e. The largest absolute Gasteiger partial charge is 0.485 e. The van der Waals surface area contributed by atoms with E-state index in [1.54, 1.807) is 32.0 Å². The molecule has 1 heterocycles. The first-order valence-corrected chi connectivity index (χ1v) is 5.71. The summed E-state index contributed by atoms with van der Waals surface area (Å²) in [7, 11) is 1.32. The van der Waals surface area contributed by atoms with Gasteiger partial charge in [-0.15, -0.1) is 0 Å². The number of nitrogens with two attached hydrogens (primary N) is 1. The van der Waals surface area contributed by atoms with Crippen molar-refractivity contribution in [2.24, 2.45) is 5.73 Å². The fourth-order valence-corrected chi connectivity index (χ4v) is 2.09. The Bertz CT molecular complexity index is 484. The molecule has 1 aliphatic heterocycles. The summed E-state index contributed by atoms with van der Waals surface area (Å²) in [5.74, 6) is 0.148. The molecule has 0 saturated heterocycles. The van der Waals surface area contributed by atoms with E-state index < -0.39 is 23.7 Å². The monoisotopic (exact) mass is 251 g/mol. The minimum absolute atomic E-state index is 0.391. The molecule has 0 saturated carbocycles. The highest BCUT2D eigenvalue weighted by atomic mass is 16.5. The van der Waals surface area contributed by atoms with Crippen molar-refractivity contribution in [1.82, 2.24) is 0 Å². The third-order valence-electron chi connectivity index (χ3n) is 3.22. The van der Waals surface area contributed by atoms with Crippen molar-refractivity contribution in [3.63, 3.8) is 0 Å². The minimum Gasteiger partial charge on any atom is -0.485 e. The lowest BCUT2D eigenvalue weighted by atomic mass is 9.86. The Kier molecular flexibility index (Phi) is 3.04. The number of rotatable bonds is 1. The zero-order valence-electron chi connectivity index (χ0n) is 10.6.